The molecule has 1 aromatic carbocycles. The molecular formula is C21H24N2O5S2. The van der Waals surface area contributed by atoms with Gasteiger partial charge in [-0.05, 0) is 56.1 Å². The normalized spacial score (nSPS) is 12.2. The van der Waals surface area contributed by atoms with Crippen LogP contribution in [0, 0.1) is 0 Å². The first-order chi connectivity index (χ1) is 14.5. The molecule has 0 bridgehead atoms. The highest BCUT2D eigenvalue weighted by Gasteiger charge is 2.27. The van der Waals surface area contributed by atoms with Gasteiger partial charge >= 0.3 is 5.97 Å². The van der Waals surface area contributed by atoms with Crippen LogP contribution in [0.2, 0.25) is 0 Å². The summed E-state index contributed by atoms with van der Waals surface area (Å²) in [4.78, 5) is 26.1. The maximum Gasteiger partial charge on any atom is 0.341 e. The van der Waals surface area contributed by atoms with Gasteiger partial charge in [-0.2, -0.15) is 0 Å². The quantitative estimate of drug-likeness (QED) is 0.363. The zero-order chi connectivity index (χ0) is 21.5. The van der Waals surface area contributed by atoms with E-state index in [1.54, 1.807) is 24.3 Å². The van der Waals surface area contributed by atoms with Crippen LogP contribution in [0.5, 0.6) is 5.75 Å². The van der Waals surface area contributed by atoms with Crippen molar-refractivity contribution in [1.29, 1.82) is 0 Å². The minimum atomic E-state index is -0.404. The third kappa shape index (κ3) is 5.16. The average Bonchev–Trinajstić information content (AvgIpc) is 3.31. The van der Waals surface area contributed by atoms with E-state index in [1.807, 2.05) is 6.92 Å². The molecule has 0 fully saturated rings. The first kappa shape index (κ1) is 22.2. The first-order valence-corrected chi connectivity index (χ1v) is 10.9. The molecule has 0 radical (unpaired) electrons. The molecule has 0 atom stereocenters. The molecule has 9 heteroatoms. The summed E-state index contributed by atoms with van der Waals surface area (Å²) in [5, 5.41) is 6.35. The van der Waals surface area contributed by atoms with Gasteiger partial charge in [0.05, 0.1) is 24.8 Å². The van der Waals surface area contributed by atoms with Gasteiger partial charge in [0.25, 0.3) is 5.91 Å². The van der Waals surface area contributed by atoms with Crippen LogP contribution in [0.3, 0.4) is 0 Å². The molecule has 2 aromatic rings. The van der Waals surface area contributed by atoms with Gasteiger partial charge in [0.1, 0.15) is 17.4 Å². The van der Waals surface area contributed by atoms with Crippen LogP contribution in [0.25, 0.3) is 0 Å². The van der Waals surface area contributed by atoms with E-state index in [-0.39, 0.29) is 5.11 Å². The lowest BCUT2D eigenvalue weighted by atomic mass is 10.1. The maximum atomic E-state index is 12.7. The second-order valence-corrected chi connectivity index (χ2v) is 8.02. The van der Waals surface area contributed by atoms with E-state index < -0.39 is 11.9 Å². The van der Waals surface area contributed by atoms with Gasteiger partial charge < -0.3 is 19.5 Å². The fourth-order valence-corrected chi connectivity index (χ4v) is 4.79. The van der Waals surface area contributed by atoms with Crippen LogP contribution in [0.15, 0.2) is 24.3 Å². The lowest BCUT2D eigenvalue weighted by Gasteiger charge is -2.13. The van der Waals surface area contributed by atoms with Crippen molar-refractivity contribution < 1.29 is 23.8 Å². The molecule has 1 amide bonds. The van der Waals surface area contributed by atoms with Gasteiger partial charge in [-0.3, -0.25) is 10.1 Å². The molecule has 2 N–H and O–H groups in total. The van der Waals surface area contributed by atoms with E-state index >= 15 is 0 Å². The second-order valence-electron chi connectivity index (χ2n) is 6.50. The van der Waals surface area contributed by atoms with Crippen molar-refractivity contribution in [3.05, 3.63) is 45.8 Å². The van der Waals surface area contributed by atoms with E-state index in [9.17, 15) is 9.59 Å². The number of aryl methyl sites for hydroxylation is 1. The molecule has 0 saturated carbocycles. The van der Waals surface area contributed by atoms with Gasteiger partial charge in [-0.15, -0.1) is 11.3 Å². The molecule has 0 saturated heterocycles. The molecule has 1 aliphatic carbocycles. The summed E-state index contributed by atoms with van der Waals surface area (Å²) in [6.45, 7) is 3.28. The smallest absolute Gasteiger partial charge is 0.341 e. The van der Waals surface area contributed by atoms with Crippen LogP contribution < -0.4 is 15.4 Å². The van der Waals surface area contributed by atoms with E-state index in [1.165, 1.54) is 18.4 Å². The molecular weight excluding hydrogens is 424 g/mol. The summed E-state index contributed by atoms with van der Waals surface area (Å²) < 4.78 is 15.9. The number of thiocarbonyl (C=S) groups is 1. The number of thiophene rings is 1. The van der Waals surface area contributed by atoms with Crippen LogP contribution in [-0.2, 0) is 22.3 Å². The van der Waals surface area contributed by atoms with Gasteiger partial charge in [0.15, 0.2) is 5.11 Å². The Balaban J connectivity index is 1.68. The van der Waals surface area contributed by atoms with E-state index in [4.69, 9.17) is 26.4 Å². The monoisotopic (exact) mass is 448 g/mol. The number of amides is 1. The highest BCUT2D eigenvalue weighted by Crippen LogP contribution is 2.39. The first-order valence-electron chi connectivity index (χ1n) is 9.69. The van der Waals surface area contributed by atoms with Gasteiger partial charge in [-0.25, -0.2) is 4.79 Å². The van der Waals surface area contributed by atoms with Crippen molar-refractivity contribution >= 4 is 45.5 Å². The zero-order valence-electron chi connectivity index (χ0n) is 16.9. The standard InChI is InChI=1S/C21H24N2O5S2/c1-3-27-11-12-28-15-9-5-4-7-13(15)18(24)22-21(29)23-19-17(20(25)26-2)14-8-6-10-16(14)30-19/h4-5,7,9H,3,6,8,10-12H2,1-2H3,(H2,22,23,24,29). The van der Waals surface area contributed by atoms with Gasteiger partial charge in [0.2, 0.25) is 0 Å². The Morgan fingerprint density at radius 1 is 1.20 bits per heavy atom. The van der Waals surface area contributed by atoms with Crippen molar-refractivity contribution in [2.75, 3.05) is 32.2 Å². The number of anilines is 1. The molecule has 1 aromatic heterocycles. The topological polar surface area (TPSA) is 85.9 Å². The minimum absolute atomic E-state index is 0.106. The second kappa shape index (κ2) is 10.5. The number of hydrogen-bond donors (Lipinski definition) is 2. The molecule has 7 nitrogen and oxygen atoms in total. The number of fused-ring (bicyclic) bond motifs is 1. The largest absolute Gasteiger partial charge is 0.490 e. The minimum Gasteiger partial charge on any atom is -0.490 e. The number of methoxy groups -OCH3 is 1. The molecule has 30 heavy (non-hydrogen) atoms. The number of hydrogen-bond acceptors (Lipinski definition) is 7. The maximum absolute atomic E-state index is 12.7. The van der Waals surface area contributed by atoms with Crippen LogP contribution in [0.1, 0.15) is 44.5 Å². The summed E-state index contributed by atoms with van der Waals surface area (Å²) in [6, 6.07) is 6.92. The number of benzene rings is 1. The molecule has 0 unspecified atom stereocenters. The number of carbonyl (C=O) groups is 2. The lowest BCUT2D eigenvalue weighted by molar-refractivity contribution is 0.0601. The van der Waals surface area contributed by atoms with Crippen molar-refractivity contribution in [2.24, 2.45) is 0 Å². The number of esters is 1. The Kier molecular flexibility index (Phi) is 7.78. The summed E-state index contributed by atoms with van der Waals surface area (Å²) in [7, 11) is 1.35. The van der Waals surface area contributed by atoms with Crippen molar-refractivity contribution in [2.45, 2.75) is 26.2 Å². The van der Waals surface area contributed by atoms with E-state index in [0.29, 0.717) is 41.7 Å². The Hall–Kier alpha value is -2.49. The zero-order valence-corrected chi connectivity index (χ0v) is 18.5. The average molecular weight is 449 g/mol. The SMILES string of the molecule is CCOCCOc1ccccc1C(=O)NC(=S)Nc1sc2c(c1C(=O)OC)CCC2. The Bertz CT molecular complexity index is 941. The molecule has 160 valence electrons. The Labute approximate surface area is 184 Å². The third-order valence-electron chi connectivity index (χ3n) is 4.59. The highest BCUT2D eigenvalue weighted by atomic mass is 32.1. The number of carbonyl (C=O) groups excluding carboxylic acids is 2. The summed E-state index contributed by atoms with van der Waals surface area (Å²) in [6.07, 6.45) is 2.79. The van der Waals surface area contributed by atoms with E-state index in [2.05, 4.69) is 10.6 Å². The summed E-state index contributed by atoms with van der Waals surface area (Å²) in [5.74, 6) is -0.356. The number of ether oxygens (including phenoxy) is 3. The van der Waals surface area contributed by atoms with Crippen LogP contribution in [-0.4, -0.2) is 43.9 Å². The van der Waals surface area contributed by atoms with Crippen molar-refractivity contribution in [1.82, 2.24) is 5.32 Å². The summed E-state index contributed by atoms with van der Waals surface area (Å²) in [5.41, 5.74) is 1.88. The Morgan fingerprint density at radius 2 is 2.00 bits per heavy atom. The molecule has 1 aliphatic rings. The molecule has 0 aliphatic heterocycles. The predicted octanol–water partition coefficient (Wildman–Crippen LogP) is 3.57. The fourth-order valence-electron chi connectivity index (χ4n) is 3.25. The van der Waals surface area contributed by atoms with Crippen LogP contribution in [0.4, 0.5) is 5.00 Å². The van der Waals surface area contributed by atoms with Crippen molar-refractivity contribution in [3.63, 3.8) is 0 Å². The van der Waals surface area contributed by atoms with Gasteiger partial charge in [-0.1, -0.05) is 12.1 Å². The summed E-state index contributed by atoms with van der Waals surface area (Å²) >= 11 is 6.79. The predicted molar refractivity (Wildman–Crippen MR) is 120 cm³/mol. The lowest BCUT2D eigenvalue weighted by Crippen LogP contribution is -2.34. The third-order valence-corrected chi connectivity index (χ3v) is 6.00. The number of nitrogens with one attached hydrogen (secondary N) is 2. The molecule has 3 rings (SSSR count). The van der Waals surface area contributed by atoms with Gasteiger partial charge in [0, 0.05) is 11.5 Å². The van der Waals surface area contributed by atoms with Crippen LogP contribution >= 0.6 is 23.6 Å². The fraction of sp³-hybridized carbons (Fsp3) is 0.381. The molecule has 0 spiro atoms. The molecule has 1 heterocycles. The van der Waals surface area contributed by atoms with Crippen molar-refractivity contribution in [3.8, 4) is 5.75 Å². The van der Waals surface area contributed by atoms with E-state index in [0.717, 1.165) is 29.7 Å². The Morgan fingerprint density at radius 3 is 2.77 bits per heavy atom. The highest BCUT2D eigenvalue weighted by molar-refractivity contribution is 7.80. The number of rotatable bonds is 8. The number of para-hydroxylation sites is 1.